The van der Waals surface area contributed by atoms with E-state index in [2.05, 4.69) is 0 Å². The molecule has 0 atom stereocenters. The van der Waals surface area contributed by atoms with E-state index in [-0.39, 0.29) is 11.3 Å². The minimum Gasteiger partial charge on any atom is -0.489 e. The van der Waals surface area contributed by atoms with Gasteiger partial charge in [0.2, 0.25) is 0 Å². The Labute approximate surface area is 182 Å². The van der Waals surface area contributed by atoms with Crippen molar-refractivity contribution >= 4 is 21.9 Å². The van der Waals surface area contributed by atoms with Gasteiger partial charge in [-0.2, -0.15) is 0 Å². The van der Waals surface area contributed by atoms with Gasteiger partial charge in [-0.15, -0.1) is 0 Å². The molecule has 0 radical (unpaired) electrons. The first-order valence-electron chi connectivity index (χ1n) is 10.0. The highest BCUT2D eigenvalue weighted by Crippen LogP contribution is 2.22. The summed E-state index contributed by atoms with van der Waals surface area (Å²) in [6, 6.07) is 24.9. The molecule has 0 spiro atoms. The number of hydrogen-bond acceptors (Lipinski definition) is 6. The molecule has 6 heteroatoms. The first kappa shape index (κ1) is 19.6. The summed E-state index contributed by atoms with van der Waals surface area (Å²) in [6.45, 7) is 0.765. The maximum atomic E-state index is 11.4. The summed E-state index contributed by atoms with van der Waals surface area (Å²) in [5, 5.41) is 1.68. The van der Waals surface area contributed by atoms with E-state index in [0.29, 0.717) is 35.9 Å². The van der Waals surface area contributed by atoms with Gasteiger partial charge in [-0.05, 0) is 47.5 Å². The third-order valence-electron chi connectivity index (χ3n) is 5.02. The Morgan fingerprint density at radius 2 is 0.938 bits per heavy atom. The number of benzene rings is 3. The normalized spacial score (nSPS) is 11.0. The van der Waals surface area contributed by atoms with Crippen LogP contribution in [0, 0.1) is 0 Å². The quantitative estimate of drug-likeness (QED) is 0.353. The first-order valence-corrected chi connectivity index (χ1v) is 10.0. The fourth-order valence-corrected chi connectivity index (χ4v) is 3.33. The van der Waals surface area contributed by atoms with Crippen LogP contribution in [0.1, 0.15) is 11.1 Å². The summed E-state index contributed by atoms with van der Waals surface area (Å²) >= 11 is 0. The van der Waals surface area contributed by atoms with Crippen molar-refractivity contribution in [2.45, 2.75) is 13.2 Å². The highest BCUT2D eigenvalue weighted by molar-refractivity contribution is 5.78. The van der Waals surface area contributed by atoms with E-state index in [9.17, 15) is 9.59 Å². The maximum Gasteiger partial charge on any atom is 0.336 e. The Balaban J connectivity index is 1.21. The molecule has 2 heterocycles. The fraction of sp³-hybridized carbons (Fsp3) is 0.0769. The molecule has 0 unspecified atom stereocenters. The van der Waals surface area contributed by atoms with Crippen molar-refractivity contribution in [3.63, 3.8) is 0 Å². The molecule has 5 rings (SSSR count). The van der Waals surface area contributed by atoms with Crippen LogP contribution in [0.25, 0.3) is 21.9 Å². The van der Waals surface area contributed by atoms with Crippen molar-refractivity contribution in [2.24, 2.45) is 0 Å². The zero-order valence-corrected chi connectivity index (χ0v) is 16.9. The zero-order chi connectivity index (χ0) is 21.9. The molecule has 0 fully saturated rings. The highest BCUT2D eigenvalue weighted by atomic mass is 16.5. The summed E-state index contributed by atoms with van der Waals surface area (Å²) in [4.78, 5) is 22.8. The third-order valence-corrected chi connectivity index (χ3v) is 5.02. The molecule has 158 valence electrons. The lowest BCUT2D eigenvalue weighted by atomic mass is 10.1. The van der Waals surface area contributed by atoms with Crippen molar-refractivity contribution in [1.82, 2.24) is 0 Å². The number of ether oxygens (including phenoxy) is 2. The minimum absolute atomic E-state index is 0.382. The summed E-state index contributed by atoms with van der Waals surface area (Å²) in [6.07, 6.45) is 0. The Morgan fingerprint density at radius 1 is 0.531 bits per heavy atom. The van der Waals surface area contributed by atoms with Gasteiger partial charge in [-0.25, -0.2) is 9.59 Å². The van der Waals surface area contributed by atoms with Gasteiger partial charge in [0.1, 0.15) is 35.9 Å². The molecule has 0 aliphatic rings. The number of hydrogen-bond donors (Lipinski definition) is 0. The largest absolute Gasteiger partial charge is 0.489 e. The van der Waals surface area contributed by atoms with Crippen LogP contribution in [0.15, 0.2) is 103 Å². The van der Waals surface area contributed by atoms with Crippen molar-refractivity contribution in [3.05, 3.63) is 117 Å². The van der Waals surface area contributed by atoms with Gasteiger partial charge in [0, 0.05) is 35.0 Å². The second-order valence-electron chi connectivity index (χ2n) is 7.30. The molecule has 0 aliphatic carbocycles. The van der Waals surface area contributed by atoms with Gasteiger partial charge < -0.3 is 18.3 Å². The smallest absolute Gasteiger partial charge is 0.336 e. The molecule has 0 saturated heterocycles. The lowest BCUT2D eigenvalue weighted by Crippen LogP contribution is -1.99. The van der Waals surface area contributed by atoms with Crippen LogP contribution in [0.4, 0.5) is 0 Å². The molecular formula is C26H18O6. The molecule has 0 bridgehead atoms. The van der Waals surface area contributed by atoms with Crippen molar-refractivity contribution in [2.75, 3.05) is 0 Å². The van der Waals surface area contributed by atoms with Crippen molar-refractivity contribution < 1.29 is 18.3 Å². The SMILES string of the molecule is O=c1ccc2ccc(OCc3ccc(COc4ccc5ccc(=O)oc5c4)cc3)cc2o1. The average molecular weight is 426 g/mol. The predicted octanol–water partition coefficient (Wildman–Crippen LogP) is 5.06. The monoisotopic (exact) mass is 426 g/mol. The summed E-state index contributed by atoms with van der Waals surface area (Å²) in [5.74, 6) is 1.25. The second-order valence-corrected chi connectivity index (χ2v) is 7.30. The van der Waals surface area contributed by atoms with Crippen molar-refractivity contribution in [1.29, 1.82) is 0 Å². The van der Waals surface area contributed by atoms with E-state index in [0.717, 1.165) is 21.9 Å². The molecular weight excluding hydrogens is 408 g/mol. The highest BCUT2D eigenvalue weighted by Gasteiger charge is 2.04. The van der Waals surface area contributed by atoms with Crippen LogP contribution in [0.5, 0.6) is 11.5 Å². The van der Waals surface area contributed by atoms with Crippen LogP contribution in [0.3, 0.4) is 0 Å². The van der Waals surface area contributed by atoms with E-state index in [4.69, 9.17) is 18.3 Å². The molecule has 6 nitrogen and oxygen atoms in total. The minimum atomic E-state index is -0.388. The van der Waals surface area contributed by atoms with Gasteiger partial charge >= 0.3 is 11.3 Å². The second kappa shape index (κ2) is 8.43. The predicted molar refractivity (Wildman–Crippen MR) is 120 cm³/mol. The lowest BCUT2D eigenvalue weighted by Gasteiger charge is -2.09. The van der Waals surface area contributed by atoms with Gasteiger partial charge in [0.25, 0.3) is 0 Å². The Bertz CT molecular complexity index is 1400. The van der Waals surface area contributed by atoms with Gasteiger partial charge in [0.15, 0.2) is 0 Å². The first-order chi connectivity index (χ1) is 15.6. The zero-order valence-electron chi connectivity index (χ0n) is 16.9. The summed E-state index contributed by atoms with van der Waals surface area (Å²) < 4.78 is 22.0. The van der Waals surface area contributed by atoms with E-state index in [1.165, 1.54) is 12.1 Å². The maximum absolute atomic E-state index is 11.4. The molecule has 0 aliphatic heterocycles. The number of fused-ring (bicyclic) bond motifs is 2. The third kappa shape index (κ3) is 4.39. The Kier molecular flexibility index (Phi) is 5.17. The Morgan fingerprint density at radius 3 is 1.38 bits per heavy atom. The van der Waals surface area contributed by atoms with Crippen LogP contribution in [-0.2, 0) is 13.2 Å². The average Bonchev–Trinajstić information content (AvgIpc) is 2.81. The van der Waals surface area contributed by atoms with E-state index >= 15 is 0 Å². The summed E-state index contributed by atoms with van der Waals surface area (Å²) in [7, 11) is 0. The van der Waals surface area contributed by atoms with Crippen LogP contribution in [0.2, 0.25) is 0 Å². The van der Waals surface area contributed by atoms with Crippen LogP contribution >= 0.6 is 0 Å². The topological polar surface area (TPSA) is 78.9 Å². The standard InChI is InChI=1S/C26H18O6/c27-25-11-7-19-5-9-21(13-23(19)31-25)29-15-17-1-2-18(4-3-17)16-30-22-10-6-20-8-12-26(28)32-24(20)14-22/h1-14H,15-16H2. The molecule has 0 amide bonds. The fourth-order valence-electron chi connectivity index (χ4n) is 3.33. The molecule has 0 saturated carbocycles. The lowest BCUT2D eigenvalue weighted by molar-refractivity contribution is 0.302. The van der Waals surface area contributed by atoms with Crippen LogP contribution in [-0.4, -0.2) is 0 Å². The van der Waals surface area contributed by atoms with E-state index in [1.54, 1.807) is 24.3 Å². The summed E-state index contributed by atoms with van der Waals surface area (Å²) in [5.41, 5.74) is 2.21. The van der Waals surface area contributed by atoms with Crippen LogP contribution < -0.4 is 20.7 Å². The molecule has 3 aromatic carbocycles. The van der Waals surface area contributed by atoms with E-state index < -0.39 is 0 Å². The molecule has 2 aromatic heterocycles. The van der Waals surface area contributed by atoms with Gasteiger partial charge in [0.05, 0.1) is 0 Å². The van der Waals surface area contributed by atoms with E-state index in [1.807, 2.05) is 48.5 Å². The Hall–Kier alpha value is -4.32. The molecule has 0 N–H and O–H groups in total. The van der Waals surface area contributed by atoms with Gasteiger partial charge in [-0.3, -0.25) is 0 Å². The number of rotatable bonds is 6. The van der Waals surface area contributed by atoms with Gasteiger partial charge in [-0.1, -0.05) is 24.3 Å². The molecule has 32 heavy (non-hydrogen) atoms. The van der Waals surface area contributed by atoms with Crippen molar-refractivity contribution in [3.8, 4) is 11.5 Å². The molecule has 5 aromatic rings.